The summed E-state index contributed by atoms with van der Waals surface area (Å²) in [6, 6.07) is 6.31. The van der Waals surface area contributed by atoms with Crippen molar-refractivity contribution in [3.05, 3.63) is 46.8 Å². The predicted octanol–water partition coefficient (Wildman–Crippen LogP) is 2.50. The molecule has 2 aliphatic rings. The van der Waals surface area contributed by atoms with E-state index in [-0.39, 0.29) is 19.1 Å². The van der Waals surface area contributed by atoms with E-state index in [9.17, 15) is 14.4 Å². The number of aryl methyl sites for hydroxylation is 1. The second-order valence-corrected chi connectivity index (χ2v) is 7.47. The van der Waals surface area contributed by atoms with Crippen molar-refractivity contribution in [1.29, 1.82) is 0 Å². The number of carbonyl (C=O) groups excluding carboxylic acids is 3. The molecular formula is C21H23N3O5. The molecule has 0 aliphatic carbocycles. The lowest BCUT2D eigenvalue weighted by atomic mass is 9.91. The third-order valence-electron chi connectivity index (χ3n) is 5.72. The van der Waals surface area contributed by atoms with E-state index >= 15 is 0 Å². The number of Topliss-reactive ketones (excluding diaryl/α,β-unsaturated/α-hetero) is 1. The van der Waals surface area contributed by atoms with E-state index < -0.39 is 17.5 Å². The van der Waals surface area contributed by atoms with Crippen molar-refractivity contribution in [1.82, 2.24) is 14.8 Å². The highest BCUT2D eigenvalue weighted by Gasteiger charge is 2.50. The molecule has 2 aromatic rings. The number of fused-ring (bicyclic) bond motifs is 1. The summed E-state index contributed by atoms with van der Waals surface area (Å²) in [4.78, 5) is 39.5. The Hall–Kier alpha value is -3.29. The Kier molecular flexibility index (Phi) is 4.37. The topological polar surface area (TPSA) is 89.9 Å². The number of benzene rings is 1. The Bertz CT molecular complexity index is 1040. The van der Waals surface area contributed by atoms with E-state index in [0.717, 1.165) is 22.8 Å². The number of imide groups is 1. The maximum atomic E-state index is 13.1. The summed E-state index contributed by atoms with van der Waals surface area (Å²) in [6.45, 7) is 7.98. The van der Waals surface area contributed by atoms with Crippen molar-refractivity contribution in [3.8, 4) is 11.5 Å². The lowest BCUT2D eigenvalue weighted by molar-refractivity contribution is -0.130. The van der Waals surface area contributed by atoms with E-state index in [1.807, 2.05) is 25.3 Å². The number of hydrogen-bond acceptors (Lipinski definition) is 5. The van der Waals surface area contributed by atoms with E-state index in [0.29, 0.717) is 22.6 Å². The first-order valence-electron chi connectivity index (χ1n) is 9.50. The van der Waals surface area contributed by atoms with Crippen molar-refractivity contribution in [2.24, 2.45) is 0 Å². The van der Waals surface area contributed by atoms with Gasteiger partial charge in [-0.2, -0.15) is 0 Å². The second kappa shape index (κ2) is 6.65. The molecule has 2 aliphatic heterocycles. The molecule has 4 rings (SSSR count). The fourth-order valence-corrected chi connectivity index (χ4v) is 4.04. The lowest BCUT2D eigenvalue weighted by Crippen LogP contribution is -2.41. The van der Waals surface area contributed by atoms with Crippen molar-refractivity contribution in [3.63, 3.8) is 0 Å². The summed E-state index contributed by atoms with van der Waals surface area (Å²) in [7, 11) is 0. The molecule has 0 saturated carbocycles. The van der Waals surface area contributed by atoms with Crippen LogP contribution >= 0.6 is 0 Å². The molecule has 0 spiro atoms. The molecule has 1 fully saturated rings. The van der Waals surface area contributed by atoms with Gasteiger partial charge < -0.3 is 19.4 Å². The van der Waals surface area contributed by atoms with Crippen molar-refractivity contribution >= 4 is 17.7 Å². The Morgan fingerprint density at radius 2 is 1.90 bits per heavy atom. The van der Waals surface area contributed by atoms with Crippen molar-refractivity contribution < 1.29 is 23.9 Å². The number of urea groups is 1. The van der Waals surface area contributed by atoms with Crippen LogP contribution in [0.5, 0.6) is 11.5 Å². The van der Waals surface area contributed by atoms with Crippen LogP contribution in [0.15, 0.2) is 24.3 Å². The maximum absolute atomic E-state index is 13.1. The zero-order valence-corrected chi connectivity index (χ0v) is 16.9. The van der Waals surface area contributed by atoms with Gasteiger partial charge in [-0.3, -0.25) is 14.5 Å². The van der Waals surface area contributed by atoms with Crippen molar-refractivity contribution in [2.45, 2.75) is 39.8 Å². The molecule has 1 aromatic heterocycles. The summed E-state index contributed by atoms with van der Waals surface area (Å²) in [5.74, 6) is 0.370. The molecule has 152 valence electrons. The molecule has 0 unspecified atom stereocenters. The standard InChI is InChI=1S/C21H23N3O5/c1-5-23-12(2)8-15(13(23)3)16(25)10-24-19(26)21(4,22-20(24)27)14-6-7-17-18(9-14)29-11-28-17/h6-9H,5,10-11H2,1-4H3,(H,22,27)/t21-/m0/s1. The third kappa shape index (κ3) is 2.86. The van der Waals surface area contributed by atoms with E-state index in [1.54, 1.807) is 31.2 Å². The van der Waals surface area contributed by atoms with Gasteiger partial charge in [-0.05, 0) is 51.5 Å². The van der Waals surface area contributed by atoms with Crippen LogP contribution in [0.25, 0.3) is 0 Å². The number of ketones is 1. The Labute approximate surface area is 168 Å². The van der Waals surface area contributed by atoms with Crippen LogP contribution in [0.4, 0.5) is 4.79 Å². The van der Waals surface area contributed by atoms with Crippen LogP contribution in [0.3, 0.4) is 0 Å². The zero-order chi connectivity index (χ0) is 20.9. The molecule has 0 bridgehead atoms. The van der Waals surface area contributed by atoms with Gasteiger partial charge in [0.15, 0.2) is 17.3 Å². The van der Waals surface area contributed by atoms with Gasteiger partial charge in [0.1, 0.15) is 5.54 Å². The van der Waals surface area contributed by atoms with E-state index in [4.69, 9.17) is 9.47 Å². The highest BCUT2D eigenvalue weighted by atomic mass is 16.7. The first-order chi connectivity index (χ1) is 13.8. The summed E-state index contributed by atoms with van der Waals surface area (Å²) in [5.41, 5.74) is 1.62. The Morgan fingerprint density at radius 3 is 2.59 bits per heavy atom. The largest absolute Gasteiger partial charge is 0.454 e. The molecule has 1 N–H and O–H groups in total. The fraction of sp³-hybridized carbons (Fsp3) is 0.381. The lowest BCUT2D eigenvalue weighted by Gasteiger charge is -2.22. The van der Waals surface area contributed by atoms with E-state index in [1.165, 1.54) is 0 Å². The predicted molar refractivity (Wildman–Crippen MR) is 104 cm³/mol. The van der Waals surface area contributed by atoms with Crippen LogP contribution in [-0.4, -0.2) is 40.5 Å². The van der Waals surface area contributed by atoms with Crippen LogP contribution in [-0.2, 0) is 16.9 Å². The summed E-state index contributed by atoms with van der Waals surface area (Å²) < 4.78 is 12.7. The SMILES string of the molecule is CCn1c(C)cc(C(=O)CN2C(=O)N[C@@](C)(c3ccc4c(c3)OCO4)C2=O)c1C. The van der Waals surface area contributed by atoms with Gasteiger partial charge >= 0.3 is 6.03 Å². The molecule has 3 amide bonds. The molecule has 1 atom stereocenters. The average molecular weight is 397 g/mol. The first kappa shape index (κ1) is 19.0. The molecule has 1 aromatic carbocycles. The number of aromatic nitrogens is 1. The molecule has 0 radical (unpaired) electrons. The number of nitrogens with one attached hydrogen (secondary N) is 1. The highest BCUT2D eigenvalue weighted by Crippen LogP contribution is 2.37. The Balaban J connectivity index is 1.59. The summed E-state index contributed by atoms with van der Waals surface area (Å²) in [6.07, 6.45) is 0. The van der Waals surface area contributed by atoms with Crippen LogP contribution in [0.1, 0.15) is 41.2 Å². The van der Waals surface area contributed by atoms with Gasteiger partial charge in [0, 0.05) is 23.5 Å². The van der Waals surface area contributed by atoms with Gasteiger partial charge in [0.05, 0.1) is 6.54 Å². The summed E-state index contributed by atoms with van der Waals surface area (Å²) >= 11 is 0. The zero-order valence-electron chi connectivity index (χ0n) is 16.9. The number of amides is 3. The van der Waals surface area contributed by atoms with Gasteiger partial charge in [-0.25, -0.2) is 4.79 Å². The second-order valence-electron chi connectivity index (χ2n) is 7.47. The third-order valence-corrected chi connectivity index (χ3v) is 5.72. The molecule has 1 saturated heterocycles. The minimum Gasteiger partial charge on any atom is -0.454 e. The van der Waals surface area contributed by atoms with E-state index in [2.05, 4.69) is 5.32 Å². The van der Waals surface area contributed by atoms with Crippen LogP contribution < -0.4 is 14.8 Å². The number of rotatable bonds is 5. The minimum atomic E-state index is -1.28. The van der Waals surface area contributed by atoms with Crippen LogP contribution in [0, 0.1) is 13.8 Å². The van der Waals surface area contributed by atoms with Gasteiger partial charge in [0.25, 0.3) is 5.91 Å². The smallest absolute Gasteiger partial charge is 0.325 e. The van der Waals surface area contributed by atoms with Gasteiger partial charge in [0.2, 0.25) is 6.79 Å². The number of nitrogens with zero attached hydrogens (tertiary/aromatic N) is 2. The Morgan fingerprint density at radius 1 is 1.17 bits per heavy atom. The fourth-order valence-electron chi connectivity index (χ4n) is 4.04. The summed E-state index contributed by atoms with van der Waals surface area (Å²) in [5, 5.41) is 2.72. The highest BCUT2D eigenvalue weighted by molar-refractivity contribution is 6.11. The van der Waals surface area contributed by atoms with Crippen LogP contribution in [0.2, 0.25) is 0 Å². The number of ether oxygens (including phenoxy) is 2. The molecular weight excluding hydrogens is 374 g/mol. The average Bonchev–Trinajstić information content (AvgIpc) is 3.33. The van der Waals surface area contributed by atoms with Gasteiger partial charge in [-0.15, -0.1) is 0 Å². The van der Waals surface area contributed by atoms with Crippen molar-refractivity contribution in [2.75, 3.05) is 13.3 Å². The molecule has 3 heterocycles. The number of carbonyl (C=O) groups is 3. The number of hydrogen-bond donors (Lipinski definition) is 1. The molecule has 8 heteroatoms. The van der Waals surface area contributed by atoms with Gasteiger partial charge in [-0.1, -0.05) is 6.07 Å². The monoisotopic (exact) mass is 397 g/mol. The first-order valence-corrected chi connectivity index (χ1v) is 9.50. The maximum Gasteiger partial charge on any atom is 0.325 e. The quantitative estimate of drug-likeness (QED) is 0.618. The molecule has 8 nitrogen and oxygen atoms in total. The molecule has 29 heavy (non-hydrogen) atoms. The normalized spacial score (nSPS) is 20.3. The minimum absolute atomic E-state index is 0.118.